The monoisotopic (exact) mass is 396 g/mol. The molecule has 1 aromatic heterocycles. The number of rotatable bonds is 2. The number of carbonyl (C=O) groups excluding carboxylic acids is 1. The SMILES string of the molecule is O=C1OC(c2cncc(Br)c2)=NC1=Cc1ccc(Cl)cc1Cl. The molecule has 4 nitrogen and oxygen atoms in total. The molecular formula is C15H7BrCl2N2O2. The lowest BCUT2D eigenvalue weighted by Crippen LogP contribution is -2.05. The van der Waals surface area contributed by atoms with Crippen molar-refractivity contribution < 1.29 is 9.53 Å². The molecule has 0 fully saturated rings. The van der Waals surface area contributed by atoms with Crippen LogP contribution in [-0.2, 0) is 9.53 Å². The van der Waals surface area contributed by atoms with Gasteiger partial charge in [0.1, 0.15) is 0 Å². The minimum absolute atomic E-state index is 0.166. The Morgan fingerprint density at radius 1 is 1.18 bits per heavy atom. The van der Waals surface area contributed by atoms with E-state index in [-0.39, 0.29) is 11.6 Å². The fourth-order valence-electron chi connectivity index (χ4n) is 1.83. The van der Waals surface area contributed by atoms with Gasteiger partial charge in [0.25, 0.3) is 0 Å². The molecule has 2 heterocycles. The van der Waals surface area contributed by atoms with Gasteiger partial charge in [-0.1, -0.05) is 29.3 Å². The van der Waals surface area contributed by atoms with Crippen LogP contribution in [0.3, 0.4) is 0 Å². The molecule has 2 aromatic rings. The Morgan fingerprint density at radius 3 is 2.73 bits per heavy atom. The van der Waals surface area contributed by atoms with Crippen molar-refractivity contribution in [1.82, 2.24) is 4.98 Å². The molecule has 0 atom stereocenters. The van der Waals surface area contributed by atoms with E-state index in [0.717, 1.165) is 4.47 Å². The lowest BCUT2D eigenvalue weighted by molar-refractivity contribution is -0.129. The largest absolute Gasteiger partial charge is 0.402 e. The Morgan fingerprint density at radius 2 is 2.00 bits per heavy atom. The van der Waals surface area contributed by atoms with Crippen molar-refractivity contribution in [2.24, 2.45) is 4.99 Å². The van der Waals surface area contributed by atoms with Crippen molar-refractivity contribution in [1.29, 1.82) is 0 Å². The number of carbonyl (C=O) groups is 1. The van der Waals surface area contributed by atoms with E-state index in [9.17, 15) is 4.79 Å². The maximum atomic E-state index is 11.9. The van der Waals surface area contributed by atoms with Gasteiger partial charge in [0.15, 0.2) is 5.70 Å². The molecule has 0 aliphatic carbocycles. The number of aliphatic imine (C=N–C) groups is 1. The van der Waals surface area contributed by atoms with Crippen molar-refractivity contribution in [3.8, 4) is 0 Å². The second kappa shape index (κ2) is 6.20. The number of nitrogens with zero attached hydrogens (tertiary/aromatic N) is 2. The summed E-state index contributed by atoms with van der Waals surface area (Å²) in [6, 6.07) is 6.75. The fourth-order valence-corrected chi connectivity index (χ4v) is 2.66. The summed E-state index contributed by atoms with van der Waals surface area (Å²) in [7, 11) is 0. The van der Waals surface area contributed by atoms with E-state index in [4.69, 9.17) is 27.9 Å². The first-order chi connectivity index (χ1) is 10.5. The first-order valence-corrected chi connectivity index (χ1v) is 7.66. The van der Waals surface area contributed by atoms with Crippen LogP contribution in [0.15, 0.2) is 51.8 Å². The molecule has 0 bridgehead atoms. The Bertz CT molecular complexity index is 834. The van der Waals surface area contributed by atoms with Crippen LogP contribution in [0.1, 0.15) is 11.1 Å². The van der Waals surface area contributed by atoms with Crippen molar-refractivity contribution >= 4 is 57.1 Å². The number of esters is 1. The van der Waals surface area contributed by atoms with Crippen molar-refractivity contribution in [3.63, 3.8) is 0 Å². The van der Waals surface area contributed by atoms with E-state index < -0.39 is 5.97 Å². The van der Waals surface area contributed by atoms with E-state index in [0.29, 0.717) is 21.2 Å². The summed E-state index contributed by atoms with van der Waals surface area (Å²) >= 11 is 15.2. The molecule has 1 aliphatic heterocycles. The number of benzene rings is 1. The first-order valence-electron chi connectivity index (χ1n) is 6.11. The highest BCUT2D eigenvalue weighted by molar-refractivity contribution is 9.10. The fraction of sp³-hybridized carbons (Fsp3) is 0. The summed E-state index contributed by atoms with van der Waals surface area (Å²) < 4.78 is 5.93. The molecule has 0 radical (unpaired) electrons. The van der Waals surface area contributed by atoms with E-state index >= 15 is 0 Å². The van der Waals surface area contributed by atoms with Crippen LogP contribution in [-0.4, -0.2) is 16.9 Å². The zero-order valence-corrected chi connectivity index (χ0v) is 14.0. The second-order valence-electron chi connectivity index (χ2n) is 4.39. The van der Waals surface area contributed by atoms with Gasteiger partial charge in [0, 0.05) is 26.9 Å². The topological polar surface area (TPSA) is 51.5 Å². The van der Waals surface area contributed by atoms with Crippen molar-refractivity contribution in [2.45, 2.75) is 0 Å². The van der Waals surface area contributed by atoms with Crippen LogP contribution >= 0.6 is 39.1 Å². The standard InChI is InChI=1S/C15H7BrCl2N2O2/c16-10-3-9(6-19-7-10)14-20-13(15(21)22-14)4-8-1-2-11(17)5-12(8)18/h1-7H. The van der Waals surface area contributed by atoms with Gasteiger partial charge in [-0.2, -0.15) is 0 Å². The predicted octanol–water partition coefficient (Wildman–Crippen LogP) is 4.50. The average molecular weight is 398 g/mol. The molecule has 3 rings (SSSR count). The minimum Gasteiger partial charge on any atom is -0.402 e. The van der Waals surface area contributed by atoms with Crippen molar-refractivity contribution in [3.05, 3.63) is 68.0 Å². The van der Waals surface area contributed by atoms with Crippen LogP contribution in [0.2, 0.25) is 10.0 Å². The third kappa shape index (κ3) is 3.21. The zero-order valence-electron chi connectivity index (χ0n) is 10.9. The molecule has 110 valence electrons. The zero-order chi connectivity index (χ0) is 15.7. The molecule has 1 aliphatic rings. The maximum Gasteiger partial charge on any atom is 0.363 e. The highest BCUT2D eigenvalue weighted by Crippen LogP contribution is 2.26. The van der Waals surface area contributed by atoms with Crippen LogP contribution in [0.4, 0.5) is 0 Å². The van der Waals surface area contributed by atoms with Crippen LogP contribution in [0.25, 0.3) is 6.08 Å². The summed E-state index contributed by atoms with van der Waals surface area (Å²) in [5.74, 6) is -0.337. The second-order valence-corrected chi connectivity index (χ2v) is 6.15. The Balaban J connectivity index is 1.97. The molecule has 0 saturated heterocycles. The molecule has 0 spiro atoms. The number of ether oxygens (including phenoxy) is 1. The number of pyridine rings is 1. The maximum absolute atomic E-state index is 11.9. The van der Waals surface area contributed by atoms with E-state index in [1.807, 2.05) is 0 Å². The van der Waals surface area contributed by atoms with Crippen LogP contribution in [0, 0.1) is 0 Å². The van der Waals surface area contributed by atoms with Gasteiger partial charge in [0.05, 0.1) is 5.56 Å². The third-order valence-corrected chi connectivity index (χ3v) is 3.82. The number of hydrogen-bond donors (Lipinski definition) is 0. The van der Waals surface area contributed by atoms with Crippen molar-refractivity contribution in [2.75, 3.05) is 0 Å². The quantitative estimate of drug-likeness (QED) is 0.553. The highest BCUT2D eigenvalue weighted by Gasteiger charge is 2.24. The summed E-state index contributed by atoms with van der Waals surface area (Å²) in [4.78, 5) is 20.1. The first kappa shape index (κ1) is 15.2. The Labute approximate surface area is 144 Å². The Hall–Kier alpha value is -1.69. The van der Waals surface area contributed by atoms with Gasteiger partial charge in [0.2, 0.25) is 5.90 Å². The van der Waals surface area contributed by atoms with Crippen LogP contribution < -0.4 is 0 Å². The normalized spacial score (nSPS) is 15.9. The smallest absolute Gasteiger partial charge is 0.363 e. The molecule has 1 aromatic carbocycles. The summed E-state index contributed by atoms with van der Waals surface area (Å²) in [5, 5.41) is 0.950. The molecule has 22 heavy (non-hydrogen) atoms. The predicted molar refractivity (Wildman–Crippen MR) is 89.0 cm³/mol. The number of halogens is 3. The molecule has 7 heteroatoms. The lowest BCUT2D eigenvalue weighted by atomic mass is 10.2. The number of cyclic esters (lactones) is 1. The lowest BCUT2D eigenvalue weighted by Gasteiger charge is -1.99. The van der Waals surface area contributed by atoms with Gasteiger partial charge >= 0.3 is 5.97 Å². The molecule has 0 amide bonds. The van der Waals surface area contributed by atoms with Gasteiger partial charge in [-0.25, -0.2) is 9.79 Å². The summed E-state index contributed by atoms with van der Waals surface area (Å²) in [6.45, 7) is 0. The van der Waals surface area contributed by atoms with E-state index in [1.165, 1.54) is 0 Å². The molecule has 0 unspecified atom stereocenters. The summed E-state index contributed by atoms with van der Waals surface area (Å²) in [6.07, 6.45) is 4.75. The van der Waals surface area contributed by atoms with Gasteiger partial charge in [-0.05, 0) is 45.8 Å². The van der Waals surface area contributed by atoms with Gasteiger partial charge in [-0.15, -0.1) is 0 Å². The molecule has 0 saturated carbocycles. The highest BCUT2D eigenvalue weighted by atomic mass is 79.9. The van der Waals surface area contributed by atoms with Gasteiger partial charge < -0.3 is 4.74 Å². The Kier molecular flexibility index (Phi) is 4.29. The average Bonchev–Trinajstić information content (AvgIpc) is 2.83. The minimum atomic E-state index is -0.541. The molecule has 0 N–H and O–H groups in total. The molecular weight excluding hydrogens is 391 g/mol. The van der Waals surface area contributed by atoms with E-state index in [1.54, 1.807) is 42.7 Å². The van der Waals surface area contributed by atoms with Crippen LogP contribution in [0.5, 0.6) is 0 Å². The van der Waals surface area contributed by atoms with E-state index in [2.05, 4.69) is 25.9 Å². The number of hydrogen-bond acceptors (Lipinski definition) is 4. The summed E-state index contributed by atoms with van der Waals surface area (Å²) in [5.41, 5.74) is 1.41. The van der Waals surface area contributed by atoms with Gasteiger partial charge in [-0.3, -0.25) is 4.98 Å². The third-order valence-electron chi connectivity index (χ3n) is 2.83. The number of aromatic nitrogens is 1.